The van der Waals surface area contributed by atoms with Gasteiger partial charge in [0.1, 0.15) is 0 Å². The SMILES string of the molecule is C=NN(C1=C(CC(N)=O)CCC2=CC=C(c3cc(N)ccc3Cl)C=C1C2)c1ccc(SC)cc1. The fourth-order valence-corrected chi connectivity index (χ4v) is 5.02. The van der Waals surface area contributed by atoms with Crippen molar-refractivity contribution in [1.29, 1.82) is 0 Å². The van der Waals surface area contributed by atoms with E-state index in [0.29, 0.717) is 10.7 Å². The Bertz CT molecular complexity index is 1260. The van der Waals surface area contributed by atoms with Crippen molar-refractivity contribution in [2.75, 3.05) is 17.0 Å². The first-order valence-corrected chi connectivity index (χ1v) is 12.6. The number of hydrogen-bond acceptors (Lipinski definition) is 5. The van der Waals surface area contributed by atoms with Crippen molar-refractivity contribution in [1.82, 2.24) is 0 Å². The van der Waals surface area contributed by atoms with Crippen molar-refractivity contribution in [3.8, 4) is 0 Å². The van der Waals surface area contributed by atoms with Gasteiger partial charge in [0.05, 0.1) is 11.4 Å². The van der Waals surface area contributed by atoms with Gasteiger partial charge in [-0.2, -0.15) is 5.10 Å². The van der Waals surface area contributed by atoms with Gasteiger partial charge in [0.25, 0.3) is 0 Å². The molecule has 2 aliphatic rings. The van der Waals surface area contributed by atoms with E-state index in [0.717, 1.165) is 57.8 Å². The van der Waals surface area contributed by atoms with Crippen LogP contribution in [-0.2, 0) is 4.79 Å². The molecule has 0 unspecified atom stereocenters. The van der Waals surface area contributed by atoms with Gasteiger partial charge in [0.15, 0.2) is 0 Å². The zero-order valence-electron chi connectivity index (χ0n) is 19.1. The average molecular weight is 491 g/mol. The summed E-state index contributed by atoms with van der Waals surface area (Å²) in [5.41, 5.74) is 19.1. The van der Waals surface area contributed by atoms with Crippen molar-refractivity contribution in [3.05, 3.63) is 93.7 Å². The molecule has 0 fully saturated rings. The maximum Gasteiger partial charge on any atom is 0.221 e. The number of fused-ring (bicyclic) bond motifs is 2. The summed E-state index contributed by atoms with van der Waals surface area (Å²) in [5, 5.41) is 6.83. The largest absolute Gasteiger partial charge is 0.399 e. The van der Waals surface area contributed by atoms with Crippen molar-refractivity contribution in [3.63, 3.8) is 0 Å². The van der Waals surface area contributed by atoms with Crippen LogP contribution in [0.4, 0.5) is 11.4 Å². The number of benzene rings is 2. The smallest absolute Gasteiger partial charge is 0.221 e. The molecule has 0 aliphatic heterocycles. The first-order chi connectivity index (χ1) is 16.4. The molecule has 0 heterocycles. The summed E-state index contributed by atoms with van der Waals surface area (Å²) in [7, 11) is 0. The Morgan fingerprint density at radius 3 is 2.62 bits per heavy atom. The third-order valence-electron chi connectivity index (χ3n) is 5.99. The summed E-state index contributed by atoms with van der Waals surface area (Å²) >= 11 is 8.22. The lowest BCUT2D eigenvalue weighted by atomic mass is 9.97. The first kappa shape index (κ1) is 23.9. The maximum absolute atomic E-state index is 12.0. The first-order valence-electron chi connectivity index (χ1n) is 11.0. The highest BCUT2D eigenvalue weighted by atomic mass is 35.5. The van der Waals surface area contributed by atoms with Gasteiger partial charge in [-0.05, 0) is 90.8 Å². The van der Waals surface area contributed by atoms with E-state index in [2.05, 4.69) is 30.0 Å². The molecule has 0 saturated heterocycles. The predicted molar refractivity (Wildman–Crippen MR) is 145 cm³/mol. The van der Waals surface area contributed by atoms with Gasteiger partial charge in [-0.15, -0.1) is 11.8 Å². The normalized spacial score (nSPS) is 15.5. The molecule has 0 saturated carbocycles. The lowest BCUT2D eigenvalue weighted by molar-refractivity contribution is -0.117. The molecule has 5 nitrogen and oxygen atoms in total. The Labute approximate surface area is 209 Å². The van der Waals surface area contributed by atoms with E-state index in [1.807, 2.05) is 47.7 Å². The number of nitrogen functional groups attached to an aromatic ring is 1. The number of hydrazone groups is 1. The second-order valence-corrected chi connectivity index (χ2v) is 9.57. The molecule has 0 atom stereocenters. The maximum atomic E-state index is 12.0. The monoisotopic (exact) mass is 490 g/mol. The summed E-state index contributed by atoms with van der Waals surface area (Å²) < 4.78 is 0. The van der Waals surface area contributed by atoms with E-state index in [4.69, 9.17) is 23.1 Å². The molecule has 2 bridgehead atoms. The number of hydrogen-bond donors (Lipinski definition) is 2. The molecule has 7 heteroatoms. The fourth-order valence-electron chi connectivity index (χ4n) is 4.38. The average Bonchev–Trinajstić information content (AvgIpc) is 3.13. The number of thioether (sulfide) groups is 1. The van der Waals surface area contributed by atoms with E-state index in [1.54, 1.807) is 17.8 Å². The molecule has 174 valence electrons. The molecule has 0 radical (unpaired) electrons. The topological polar surface area (TPSA) is 84.7 Å². The predicted octanol–water partition coefficient (Wildman–Crippen LogP) is 6.33. The van der Waals surface area contributed by atoms with Crippen LogP contribution in [0.5, 0.6) is 0 Å². The molecule has 34 heavy (non-hydrogen) atoms. The van der Waals surface area contributed by atoms with Crippen molar-refractivity contribution >= 4 is 52.9 Å². The van der Waals surface area contributed by atoms with Crippen molar-refractivity contribution in [2.24, 2.45) is 10.8 Å². The van der Waals surface area contributed by atoms with E-state index in [9.17, 15) is 4.79 Å². The Kier molecular flexibility index (Phi) is 7.29. The van der Waals surface area contributed by atoms with Crippen LogP contribution in [0.25, 0.3) is 5.57 Å². The minimum Gasteiger partial charge on any atom is -0.399 e. The number of rotatable bonds is 7. The molecule has 2 aromatic rings. The van der Waals surface area contributed by atoms with Crippen molar-refractivity contribution in [2.45, 2.75) is 30.6 Å². The summed E-state index contributed by atoms with van der Waals surface area (Å²) in [6, 6.07) is 13.6. The highest BCUT2D eigenvalue weighted by Gasteiger charge is 2.26. The Morgan fingerprint density at radius 2 is 1.94 bits per heavy atom. The van der Waals surface area contributed by atoms with Crippen LogP contribution in [0.1, 0.15) is 31.2 Å². The van der Waals surface area contributed by atoms with Crippen LogP contribution in [0.2, 0.25) is 5.02 Å². The molecule has 4 N–H and O–H groups in total. The van der Waals surface area contributed by atoms with Gasteiger partial charge < -0.3 is 11.5 Å². The van der Waals surface area contributed by atoms with Crippen LogP contribution in [0, 0.1) is 0 Å². The lowest BCUT2D eigenvalue weighted by Gasteiger charge is -2.26. The summed E-state index contributed by atoms with van der Waals surface area (Å²) in [6.07, 6.45) is 10.8. The number of primary amides is 1. The molecule has 2 aliphatic carbocycles. The molecule has 1 amide bonds. The second-order valence-electron chi connectivity index (χ2n) is 8.28. The minimum absolute atomic E-state index is 0.160. The number of halogens is 1. The molecule has 0 spiro atoms. The standard InChI is InChI=1S/C27H27ClN4OS/c1-31-32(22-8-10-23(34-2)11-9-22)27-19(15-26(30)33)6-4-17-3-5-18(14-20(27)13-17)24-16-21(29)7-12-25(24)28/h3,5,7-12,14,16H,1,4,6,13,15,29H2,2H3,(H2,30,33). The van der Waals surface area contributed by atoms with E-state index in [-0.39, 0.29) is 12.3 Å². The van der Waals surface area contributed by atoms with Crippen LogP contribution < -0.4 is 16.5 Å². The van der Waals surface area contributed by atoms with Gasteiger partial charge >= 0.3 is 0 Å². The number of carbonyl (C=O) groups excluding carboxylic acids is 1. The van der Waals surface area contributed by atoms with E-state index >= 15 is 0 Å². The highest BCUT2D eigenvalue weighted by molar-refractivity contribution is 7.98. The highest BCUT2D eigenvalue weighted by Crippen LogP contribution is 2.41. The number of allylic oxidation sites excluding steroid dienone is 6. The molecular formula is C27H27ClN4OS. The van der Waals surface area contributed by atoms with Crippen molar-refractivity contribution < 1.29 is 4.79 Å². The minimum atomic E-state index is -0.368. The molecule has 0 aromatic heterocycles. The van der Waals surface area contributed by atoms with Gasteiger partial charge in [-0.3, -0.25) is 4.79 Å². The van der Waals surface area contributed by atoms with Gasteiger partial charge in [-0.1, -0.05) is 29.3 Å². The third kappa shape index (κ3) is 5.13. The summed E-state index contributed by atoms with van der Waals surface area (Å²) in [5.74, 6) is -0.368. The van der Waals surface area contributed by atoms with Crippen LogP contribution in [0.3, 0.4) is 0 Å². The van der Waals surface area contributed by atoms with Gasteiger partial charge in [0.2, 0.25) is 5.91 Å². The molecule has 4 rings (SSSR count). The molecular weight excluding hydrogens is 464 g/mol. The van der Waals surface area contributed by atoms with Crippen LogP contribution in [-0.4, -0.2) is 18.9 Å². The fraction of sp³-hybridized carbons (Fsp3) is 0.185. The number of anilines is 2. The zero-order chi connectivity index (χ0) is 24.2. The number of nitrogens with two attached hydrogens (primary N) is 2. The number of amides is 1. The summed E-state index contributed by atoms with van der Waals surface area (Å²) in [4.78, 5) is 13.2. The quantitative estimate of drug-likeness (QED) is 0.205. The zero-order valence-corrected chi connectivity index (χ0v) is 20.6. The number of carbonyl (C=O) groups is 1. The van der Waals surface area contributed by atoms with Crippen LogP contribution >= 0.6 is 23.4 Å². The molecule has 2 aromatic carbocycles. The Hall–Kier alpha value is -3.22. The number of nitrogens with zero attached hydrogens (tertiary/aromatic N) is 2. The van der Waals surface area contributed by atoms with Gasteiger partial charge in [0, 0.05) is 34.3 Å². The summed E-state index contributed by atoms with van der Waals surface area (Å²) in [6.45, 7) is 3.86. The Morgan fingerprint density at radius 1 is 1.18 bits per heavy atom. The van der Waals surface area contributed by atoms with E-state index < -0.39 is 0 Å². The van der Waals surface area contributed by atoms with Crippen LogP contribution in [0.15, 0.2) is 93.1 Å². The lowest BCUT2D eigenvalue weighted by Crippen LogP contribution is -2.21. The third-order valence-corrected chi connectivity index (χ3v) is 7.07. The second kappa shape index (κ2) is 10.4. The Balaban J connectivity index is 1.90. The van der Waals surface area contributed by atoms with Gasteiger partial charge in [-0.25, -0.2) is 5.01 Å². The van der Waals surface area contributed by atoms with E-state index in [1.165, 1.54) is 5.57 Å².